The van der Waals surface area contributed by atoms with E-state index in [1.807, 2.05) is 29.2 Å². The van der Waals surface area contributed by atoms with E-state index in [2.05, 4.69) is 16.4 Å². The fourth-order valence-corrected chi connectivity index (χ4v) is 2.91. The number of nitrogens with one attached hydrogen (secondary N) is 1. The third kappa shape index (κ3) is 2.79. The van der Waals surface area contributed by atoms with Crippen molar-refractivity contribution in [3.05, 3.63) is 47.7 Å². The molecule has 0 saturated carbocycles. The first-order valence-corrected chi connectivity index (χ1v) is 7.64. The van der Waals surface area contributed by atoms with Gasteiger partial charge >= 0.3 is 0 Å². The molecule has 0 radical (unpaired) electrons. The molecule has 2 aliphatic rings. The first kappa shape index (κ1) is 13.9. The maximum Gasteiger partial charge on any atom is 0.239 e. The largest absolute Gasteiger partial charge is 0.454 e. The molecule has 6 nitrogen and oxygen atoms in total. The average Bonchev–Trinajstić information content (AvgIpc) is 3.20. The van der Waals surface area contributed by atoms with Gasteiger partial charge in [0.1, 0.15) is 5.82 Å². The maximum absolute atomic E-state index is 12.2. The predicted molar refractivity (Wildman–Crippen MR) is 84.6 cm³/mol. The van der Waals surface area contributed by atoms with E-state index < -0.39 is 0 Å². The molecule has 23 heavy (non-hydrogen) atoms. The van der Waals surface area contributed by atoms with Gasteiger partial charge in [0.05, 0.1) is 6.54 Å². The third-order valence-corrected chi connectivity index (χ3v) is 4.08. The predicted octanol–water partition coefficient (Wildman–Crippen LogP) is 1.49. The zero-order chi connectivity index (χ0) is 15.6. The normalized spacial score (nSPS) is 14.7. The smallest absolute Gasteiger partial charge is 0.239 e. The molecule has 1 N–H and O–H groups in total. The van der Waals surface area contributed by atoms with Gasteiger partial charge in [-0.2, -0.15) is 0 Å². The molecule has 0 aliphatic carbocycles. The molecule has 3 heterocycles. The Balaban J connectivity index is 1.34. The Morgan fingerprint density at radius 1 is 1.26 bits per heavy atom. The summed E-state index contributed by atoms with van der Waals surface area (Å²) in [5.74, 6) is 2.39. The van der Waals surface area contributed by atoms with Crippen molar-refractivity contribution in [2.75, 3.05) is 24.8 Å². The van der Waals surface area contributed by atoms with Gasteiger partial charge in [-0.05, 0) is 35.7 Å². The summed E-state index contributed by atoms with van der Waals surface area (Å²) in [5.41, 5.74) is 2.19. The van der Waals surface area contributed by atoms with Crippen molar-refractivity contribution in [1.82, 2.24) is 10.3 Å². The van der Waals surface area contributed by atoms with Crippen molar-refractivity contribution in [2.45, 2.75) is 13.0 Å². The van der Waals surface area contributed by atoms with Crippen LogP contribution in [0.1, 0.15) is 11.1 Å². The van der Waals surface area contributed by atoms with E-state index in [9.17, 15) is 4.79 Å². The number of pyridine rings is 1. The van der Waals surface area contributed by atoms with Crippen LogP contribution in [0.3, 0.4) is 0 Å². The number of aromatic nitrogens is 1. The van der Waals surface area contributed by atoms with Gasteiger partial charge < -0.3 is 19.7 Å². The standard InChI is InChI=1S/C17H17N3O3/c21-16(10-20-7-5-13-2-1-6-18-17(13)20)19-9-12-3-4-14-15(8-12)23-11-22-14/h1-4,6,8H,5,7,9-11H2,(H,19,21). The van der Waals surface area contributed by atoms with Crippen LogP contribution in [0.2, 0.25) is 0 Å². The Morgan fingerprint density at radius 3 is 3.13 bits per heavy atom. The summed E-state index contributed by atoms with van der Waals surface area (Å²) in [7, 11) is 0. The molecule has 0 fully saturated rings. The topological polar surface area (TPSA) is 63.7 Å². The quantitative estimate of drug-likeness (QED) is 0.927. The molecule has 1 aromatic heterocycles. The highest BCUT2D eigenvalue weighted by atomic mass is 16.7. The van der Waals surface area contributed by atoms with Gasteiger partial charge in [-0.25, -0.2) is 4.98 Å². The molecule has 0 atom stereocenters. The van der Waals surface area contributed by atoms with Crippen LogP contribution in [-0.2, 0) is 17.8 Å². The molecule has 1 aromatic carbocycles. The fourth-order valence-electron chi connectivity index (χ4n) is 2.91. The van der Waals surface area contributed by atoms with Crippen molar-refractivity contribution < 1.29 is 14.3 Å². The molecule has 0 bridgehead atoms. The number of benzene rings is 1. The lowest BCUT2D eigenvalue weighted by Gasteiger charge is -2.17. The van der Waals surface area contributed by atoms with Gasteiger partial charge in [-0.1, -0.05) is 12.1 Å². The molecule has 4 rings (SSSR count). The van der Waals surface area contributed by atoms with Crippen molar-refractivity contribution in [3.63, 3.8) is 0 Å². The molecular weight excluding hydrogens is 294 g/mol. The third-order valence-electron chi connectivity index (χ3n) is 4.08. The lowest BCUT2D eigenvalue weighted by molar-refractivity contribution is -0.119. The van der Waals surface area contributed by atoms with Crippen LogP contribution >= 0.6 is 0 Å². The molecule has 0 spiro atoms. The van der Waals surface area contributed by atoms with E-state index in [0.717, 1.165) is 35.8 Å². The number of amides is 1. The van der Waals surface area contributed by atoms with Crippen LogP contribution < -0.4 is 19.7 Å². The number of carbonyl (C=O) groups is 1. The van der Waals surface area contributed by atoms with Gasteiger partial charge in [0.2, 0.25) is 12.7 Å². The minimum Gasteiger partial charge on any atom is -0.454 e. The fraction of sp³-hybridized carbons (Fsp3) is 0.294. The number of carbonyl (C=O) groups excluding carboxylic acids is 1. The zero-order valence-electron chi connectivity index (χ0n) is 12.6. The Hall–Kier alpha value is -2.76. The summed E-state index contributed by atoms with van der Waals surface area (Å²) >= 11 is 0. The van der Waals surface area contributed by atoms with Gasteiger partial charge in [0.15, 0.2) is 11.5 Å². The Morgan fingerprint density at radius 2 is 2.17 bits per heavy atom. The molecular formula is C17H17N3O3. The highest BCUT2D eigenvalue weighted by Crippen LogP contribution is 2.32. The molecule has 118 valence electrons. The molecule has 0 saturated heterocycles. The monoisotopic (exact) mass is 311 g/mol. The minimum atomic E-state index is -0.0128. The van der Waals surface area contributed by atoms with Gasteiger partial charge in [-0.3, -0.25) is 4.79 Å². The van der Waals surface area contributed by atoms with E-state index in [-0.39, 0.29) is 12.7 Å². The van der Waals surface area contributed by atoms with Crippen LogP contribution in [0.15, 0.2) is 36.5 Å². The number of anilines is 1. The van der Waals surface area contributed by atoms with Gasteiger partial charge in [0, 0.05) is 19.3 Å². The van der Waals surface area contributed by atoms with E-state index in [1.165, 1.54) is 5.56 Å². The van der Waals surface area contributed by atoms with Gasteiger partial charge in [0.25, 0.3) is 0 Å². The van der Waals surface area contributed by atoms with Crippen molar-refractivity contribution in [1.29, 1.82) is 0 Å². The second-order valence-corrected chi connectivity index (χ2v) is 5.62. The number of fused-ring (bicyclic) bond motifs is 2. The Bertz CT molecular complexity index is 748. The SMILES string of the molecule is O=C(CN1CCc2cccnc21)NCc1ccc2c(c1)OCO2. The highest BCUT2D eigenvalue weighted by Gasteiger charge is 2.22. The first-order chi connectivity index (χ1) is 11.3. The summed E-state index contributed by atoms with van der Waals surface area (Å²) in [6.45, 7) is 1.89. The minimum absolute atomic E-state index is 0.0128. The van der Waals surface area contributed by atoms with Crippen LogP contribution in [0.25, 0.3) is 0 Å². The molecule has 0 unspecified atom stereocenters. The van der Waals surface area contributed by atoms with Crippen LogP contribution in [0.5, 0.6) is 11.5 Å². The number of nitrogens with zero attached hydrogens (tertiary/aromatic N) is 2. The lowest BCUT2D eigenvalue weighted by atomic mass is 10.2. The Labute approximate surface area is 134 Å². The molecule has 6 heteroatoms. The van der Waals surface area contributed by atoms with Crippen molar-refractivity contribution in [3.8, 4) is 11.5 Å². The lowest BCUT2D eigenvalue weighted by Crippen LogP contribution is -2.36. The molecule has 1 amide bonds. The average molecular weight is 311 g/mol. The van der Waals surface area contributed by atoms with Crippen LogP contribution in [0, 0.1) is 0 Å². The van der Waals surface area contributed by atoms with Crippen LogP contribution in [-0.4, -0.2) is 30.8 Å². The van der Waals surface area contributed by atoms with Gasteiger partial charge in [-0.15, -0.1) is 0 Å². The number of hydrogen-bond donors (Lipinski definition) is 1. The van der Waals surface area contributed by atoms with Crippen molar-refractivity contribution in [2.24, 2.45) is 0 Å². The van der Waals surface area contributed by atoms with Crippen LogP contribution in [0.4, 0.5) is 5.82 Å². The summed E-state index contributed by atoms with van der Waals surface area (Å²) < 4.78 is 10.6. The van der Waals surface area contributed by atoms with E-state index in [4.69, 9.17) is 9.47 Å². The maximum atomic E-state index is 12.2. The summed E-state index contributed by atoms with van der Waals surface area (Å²) in [4.78, 5) is 18.6. The summed E-state index contributed by atoms with van der Waals surface area (Å²) in [6.07, 6.45) is 2.71. The second kappa shape index (κ2) is 5.79. The number of hydrogen-bond acceptors (Lipinski definition) is 5. The Kier molecular flexibility index (Phi) is 3.49. The van der Waals surface area contributed by atoms with E-state index in [0.29, 0.717) is 13.1 Å². The first-order valence-electron chi connectivity index (χ1n) is 7.64. The van der Waals surface area contributed by atoms with Crippen molar-refractivity contribution >= 4 is 11.7 Å². The zero-order valence-corrected chi connectivity index (χ0v) is 12.6. The van der Waals surface area contributed by atoms with E-state index >= 15 is 0 Å². The summed E-state index contributed by atoms with van der Waals surface area (Å²) in [6, 6.07) is 9.69. The number of rotatable bonds is 4. The highest BCUT2D eigenvalue weighted by molar-refractivity contribution is 5.81. The number of ether oxygens (including phenoxy) is 2. The second-order valence-electron chi connectivity index (χ2n) is 5.62. The molecule has 2 aliphatic heterocycles. The summed E-state index contributed by atoms with van der Waals surface area (Å²) in [5, 5.41) is 2.94. The van der Waals surface area contributed by atoms with E-state index in [1.54, 1.807) is 6.20 Å². The molecule has 2 aromatic rings.